The number of sulfonamides is 1. The van der Waals surface area contributed by atoms with E-state index in [0.29, 0.717) is 12.1 Å². The predicted molar refractivity (Wildman–Crippen MR) is 70.4 cm³/mol. The number of thiazole rings is 1. The van der Waals surface area contributed by atoms with E-state index in [0.717, 1.165) is 30.6 Å². The highest BCUT2D eigenvalue weighted by Crippen LogP contribution is 2.28. The molecule has 1 aromatic rings. The number of nitrogens with zero attached hydrogens (tertiary/aromatic N) is 1. The van der Waals surface area contributed by atoms with Crippen molar-refractivity contribution in [2.24, 2.45) is 0 Å². The van der Waals surface area contributed by atoms with Crippen molar-refractivity contribution in [3.05, 3.63) is 10.2 Å². The molecular weight excluding hydrogens is 296 g/mol. The molecule has 0 bridgehead atoms. The first-order valence-electron chi connectivity index (χ1n) is 5.72. The van der Waals surface area contributed by atoms with Crippen molar-refractivity contribution in [1.29, 1.82) is 0 Å². The van der Waals surface area contributed by atoms with Crippen LogP contribution < -0.4 is 4.72 Å². The van der Waals surface area contributed by atoms with E-state index in [9.17, 15) is 13.5 Å². The second-order valence-electron chi connectivity index (χ2n) is 4.48. The van der Waals surface area contributed by atoms with Gasteiger partial charge in [-0.25, -0.2) is 18.1 Å². The summed E-state index contributed by atoms with van der Waals surface area (Å²) in [4.78, 5) is 3.90. The van der Waals surface area contributed by atoms with Crippen molar-refractivity contribution < 1.29 is 13.5 Å². The molecular formula is C10H15ClN2O3S2. The Morgan fingerprint density at radius 2 is 2.22 bits per heavy atom. The van der Waals surface area contributed by atoms with Crippen LogP contribution in [-0.4, -0.2) is 30.7 Å². The quantitative estimate of drug-likeness (QED) is 0.890. The smallest absolute Gasteiger partial charge is 0.252 e. The fourth-order valence-corrected chi connectivity index (χ4v) is 5.18. The molecule has 0 aliphatic heterocycles. The molecule has 0 radical (unpaired) electrons. The Kier molecular flexibility index (Phi) is 4.28. The lowest BCUT2D eigenvalue weighted by Crippen LogP contribution is -2.39. The summed E-state index contributed by atoms with van der Waals surface area (Å²) in [7, 11) is -3.58. The maximum Gasteiger partial charge on any atom is 0.252 e. The average Bonchev–Trinajstić information content (AvgIpc) is 2.58. The molecule has 2 rings (SSSR count). The van der Waals surface area contributed by atoms with Gasteiger partial charge in [-0.05, 0) is 32.6 Å². The highest BCUT2D eigenvalue weighted by atomic mass is 35.5. The van der Waals surface area contributed by atoms with Crippen LogP contribution in [0.4, 0.5) is 0 Å². The monoisotopic (exact) mass is 310 g/mol. The Hall–Kier alpha value is -0.210. The third kappa shape index (κ3) is 3.21. The summed E-state index contributed by atoms with van der Waals surface area (Å²) in [6.07, 6.45) is 2.37. The Labute approximate surface area is 115 Å². The first kappa shape index (κ1) is 14.2. The van der Waals surface area contributed by atoms with E-state index >= 15 is 0 Å². The molecule has 5 nitrogen and oxygen atoms in total. The molecule has 0 amide bonds. The highest BCUT2D eigenvalue weighted by molar-refractivity contribution is 7.91. The van der Waals surface area contributed by atoms with Crippen LogP contribution in [0.5, 0.6) is 0 Å². The highest BCUT2D eigenvalue weighted by Gasteiger charge is 2.28. The number of halogens is 1. The lowest BCUT2D eigenvalue weighted by atomic mass is 9.94. The molecule has 1 aliphatic rings. The van der Waals surface area contributed by atoms with Gasteiger partial charge >= 0.3 is 0 Å². The first-order valence-corrected chi connectivity index (χ1v) is 8.39. The van der Waals surface area contributed by atoms with Crippen molar-refractivity contribution >= 4 is 33.0 Å². The van der Waals surface area contributed by atoms with Crippen LogP contribution in [0, 0.1) is 6.92 Å². The topological polar surface area (TPSA) is 79.3 Å². The molecule has 0 aromatic carbocycles. The molecule has 8 heteroatoms. The SMILES string of the molecule is Cc1nc(Cl)sc1S(=O)(=O)NC1CCCC(O)C1. The number of hydrogen-bond acceptors (Lipinski definition) is 5. The van der Waals surface area contributed by atoms with Gasteiger partial charge in [-0.3, -0.25) is 0 Å². The van der Waals surface area contributed by atoms with Crippen molar-refractivity contribution in [2.45, 2.75) is 49.0 Å². The first-order chi connectivity index (χ1) is 8.38. The Bertz CT molecular complexity index is 529. The molecule has 1 aliphatic carbocycles. The van der Waals surface area contributed by atoms with E-state index in [4.69, 9.17) is 11.6 Å². The molecule has 2 atom stereocenters. The minimum absolute atomic E-state index is 0.160. The van der Waals surface area contributed by atoms with E-state index in [2.05, 4.69) is 9.71 Å². The van der Waals surface area contributed by atoms with Gasteiger partial charge in [0.1, 0.15) is 0 Å². The summed E-state index contributed by atoms with van der Waals surface area (Å²) in [6, 6.07) is -0.209. The van der Waals surface area contributed by atoms with E-state index in [1.165, 1.54) is 0 Å². The molecule has 1 aromatic heterocycles. The second-order valence-corrected chi connectivity index (χ2v) is 7.97. The summed E-state index contributed by atoms with van der Waals surface area (Å²) in [5.74, 6) is 0. The second kappa shape index (κ2) is 5.42. The number of aryl methyl sites for hydroxylation is 1. The number of rotatable bonds is 3. The molecule has 0 spiro atoms. The van der Waals surface area contributed by atoms with Gasteiger partial charge in [-0.2, -0.15) is 0 Å². The van der Waals surface area contributed by atoms with Crippen LogP contribution >= 0.6 is 22.9 Å². The van der Waals surface area contributed by atoms with Crippen molar-refractivity contribution in [2.75, 3.05) is 0 Å². The zero-order valence-electron chi connectivity index (χ0n) is 9.89. The maximum atomic E-state index is 12.2. The van der Waals surface area contributed by atoms with Gasteiger partial charge in [-0.1, -0.05) is 22.9 Å². The van der Waals surface area contributed by atoms with Gasteiger partial charge in [0.15, 0.2) is 8.68 Å². The molecule has 18 heavy (non-hydrogen) atoms. The Balaban J connectivity index is 2.14. The van der Waals surface area contributed by atoms with E-state index < -0.39 is 16.1 Å². The third-order valence-electron chi connectivity index (χ3n) is 2.94. The normalized spacial score (nSPS) is 25.3. The number of aliphatic hydroxyl groups excluding tert-OH is 1. The summed E-state index contributed by atoms with van der Waals surface area (Å²) in [5.41, 5.74) is 0.411. The lowest BCUT2D eigenvalue weighted by Gasteiger charge is -2.26. The summed E-state index contributed by atoms with van der Waals surface area (Å²) >= 11 is 6.66. The standard InChI is InChI=1S/C10H15ClN2O3S2/c1-6-9(17-10(11)12-6)18(15,16)13-7-3-2-4-8(14)5-7/h7-8,13-14H,2-5H2,1H3. The zero-order chi connectivity index (χ0) is 13.3. The van der Waals surface area contributed by atoms with Crippen LogP contribution in [-0.2, 0) is 10.0 Å². The molecule has 1 fully saturated rings. The van der Waals surface area contributed by atoms with Gasteiger partial charge in [0.2, 0.25) is 0 Å². The number of hydrogen-bond donors (Lipinski definition) is 2. The fraction of sp³-hybridized carbons (Fsp3) is 0.700. The molecule has 102 valence electrons. The third-order valence-corrected chi connectivity index (χ3v) is 6.33. The van der Waals surface area contributed by atoms with E-state index in [1.807, 2.05) is 0 Å². The summed E-state index contributed by atoms with van der Waals surface area (Å²) in [5, 5.41) is 9.54. The van der Waals surface area contributed by atoms with Gasteiger partial charge in [-0.15, -0.1) is 0 Å². The minimum atomic E-state index is -3.58. The Morgan fingerprint density at radius 3 is 2.78 bits per heavy atom. The van der Waals surface area contributed by atoms with Crippen LogP contribution in [0.15, 0.2) is 4.21 Å². The lowest BCUT2D eigenvalue weighted by molar-refractivity contribution is 0.117. The van der Waals surface area contributed by atoms with Crippen LogP contribution in [0.2, 0.25) is 4.47 Å². The fourth-order valence-electron chi connectivity index (χ4n) is 2.14. The molecule has 2 unspecified atom stereocenters. The molecule has 1 saturated carbocycles. The average molecular weight is 311 g/mol. The van der Waals surface area contributed by atoms with Crippen molar-refractivity contribution in [3.63, 3.8) is 0 Å². The Morgan fingerprint density at radius 1 is 1.50 bits per heavy atom. The predicted octanol–water partition coefficient (Wildman–Crippen LogP) is 1.69. The summed E-state index contributed by atoms with van der Waals surface area (Å²) < 4.78 is 27.3. The maximum absolute atomic E-state index is 12.2. The van der Waals surface area contributed by atoms with E-state index in [-0.39, 0.29) is 14.7 Å². The minimum Gasteiger partial charge on any atom is -0.393 e. The number of aliphatic hydroxyl groups is 1. The zero-order valence-corrected chi connectivity index (χ0v) is 12.3. The van der Waals surface area contributed by atoms with Gasteiger partial charge < -0.3 is 5.11 Å². The van der Waals surface area contributed by atoms with Crippen molar-refractivity contribution in [3.8, 4) is 0 Å². The summed E-state index contributed by atoms with van der Waals surface area (Å²) in [6.45, 7) is 1.62. The molecule has 2 N–H and O–H groups in total. The van der Waals surface area contributed by atoms with Crippen molar-refractivity contribution in [1.82, 2.24) is 9.71 Å². The van der Waals surface area contributed by atoms with Gasteiger partial charge in [0.25, 0.3) is 10.0 Å². The van der Waals surface area contributed by atoms with Gasteiger partial charge in [0, 0.05) is 6.04 Å². The molecule has 1 heterocycles. The number of nitrogens with one attached hydrogen (secondary N) is 1. The largest absolute Gasteiger partial charge is 0.393 e. The number of aromatic nitrogens is 1. The van der Waals surface area contributed by atoms with Crippen LogP contribution in [0.3, 0.4) is 0 Å². The van der Waals surface area contributed by atoms with Gasteiger partial charge in [0.05, 0.1) is 11.8 Å². The van der Waals surface area contributed by atoms with E-state index in [1.54, 1.807) is 6.92 Å². The molecule has 0 saturated heterocycles. The van der Waals surface area contributed by atoms with Crippen LogP contribution in [0.1, 0.15) is 31.4 Å². The van der Waals surface area contributed by atoms with Crippen LogP contribution in [0.25, 0.3) is 0 Å².